The first-order valence-electron chi connectivity index (χ1n) is 18.9. The van der Waals surface area contributed by atoms with E-state index in [1.54, 1.807) is 0 Å². The molecule has 10 rings (SSSR count). The fourth-order valence-electron chi connectivity index (χ4n) is 8.57. The van der Waals surface area contributed by atoms with E-state index < -0.39 is 0 Å². The average Bonchev–Trinajstić information content (AvgIpc) is 3.26. The Labute approximate surface area is 321 Å². The topological polar surface area (TPSA) is 38.7 Å². The molecule has 0 saturated heterocycles. The minimum Gasteiger partial charge on any atom is -0.208 e. The van der Waals surface area contributed by atoms with Crippen molar-refractivity contribution in [2.45, 2.75) is 12.8 Å². The van der Waals surface area contributed by atoms with E-state index >= 15 is 0 Å². The maximum absolute atomic E-state index is 4.99. The van der Waals surface area contributed by atoms with Gasteiger partial charge in [-0.15, -0.1) is 0 Å². The number of rotatable bonds is 6. The van der Waals surface area contributed by atoms with Crippen molar-refractivity contribution in [3.63, 3.8) is 0 Å². The molecule has 0 N–H and O–H groups in total. The predicted octanol–water partition coefficient (Wildman–Crippen LogP) is 13.1. The lowest BCUT2D eigenvalue weighted by Crippen LogP contribution is -2.28. The monoisotopic (exact) mass is 703 g/mol. The van der Waals surface area contributed by atoms with Crippen LogP contribution in [-0.4, -0.2) is 15.0 Å². The van der Waals surface area contributed by atoms with Crippen LogP contribution in [0, 0.1) is 5.41 Å². The van der Waals surface area contributed by atoms with Gasteiger partial charge in [-0.3, -0.25) is 0 Å². The van der Waals surface area contributed by atoms with Crippen molar-refractivity contribution in [3.8, 4) is 56.4 Å². The summed E-state index contributed by atoms with van der Waals surface area (Å²) >= 11 is 0. The molecule has 55 heavy (non-hydrogen) atoms. The zero-order valence-electron chi connectivity index (χ0n) is 30.5. The van der Waals surface area contributed by atoms with Gasteiger partial charge >= 0.3 is 0 Å². The fraction of sp³-hybridized carbons (Fsp3) is 0.0577. The number of fused-ring (bicyclic) bond motifs is 4. The molecule has 0 bridgehead atoms. The van der Waals surface area contributed by atoms with Crippen LogP contribution in [-0.2, 0) is 0 Å². The minimum atomic E-state index is -0.294. The van der Waals surface area contributed by atoms with Crippen molar-refractivity contribution in [2.75, 3.05) is 0 Å². The van der Waals surface area contributed by atoms with Gasteiger partial charge in [0.2, 0.25) is 0 Å². The zero-order valence-corrected chi connectivity index (χ0v) is 30.5. The summed E-state index contributed by atoms with van der Waals surface area (Å²) in [4.78, 5) is 14.9. The highest BCUT2D eigenvalue weighted by atomic mass is 15.0. The molecule has 0 fully saturated rings. The van der Waals surface area contributed by atoms with Gasteiger partial charge in [-0.2, -0.15) is 0 Å². The molecule has 7 aromatic carbocycles. The van der Waals surface area contributed by atoms with E-state index in [1.807, 2.05) is 60.7 Å². The SMILES string of the molecule is CC12C=Cc3c(c(-c4ccccc4)c4ccccc4c3-c3ccccc3)C1=CC=CC2c1ccc(-c2nc(-c3ccccc3)nc(-c3ccccc3)n2)cc1. The molecule has 0 radical (unpaired) electrons. The quantitative estimate of drug-likeness (QED) is 0.173. The van der Waals surface area contributed by atoms with E-state index in [0.717, 1.165) is 16.7 Å². The third kappa shape index (κ3) is 5.64. The normalized spacial score (nSPS) is 17.0. The molecule has 1 aromatic heterocycles. The van der Waals surface area contributed by atoms with Gasteiger partial charge in [-0.25, -0.2) is 15.0 Å². The summed E-state index contributed by atoms with van der Waals surface area (Å²) < 4.78 is 0. The molecule has 8 aromatic rings. The number of hydrogen-bond acceptors (Lipinski definition) is 3. The molecule has 2 unspecified atom stereocenters. The van der Waals surface area contributed by atoms with Crippen LogP contribution in [0.5, 0.6) is 0 Å². The van der Waals surface area contributed by atoms with E-state index in [1.165, 1.54) is 55.3 Å². The van der Waals surface area contributed by atoms with Gasteiger partial charge in [0.25, 0.3) is 0 Å². The molecule has 0 saturated carbocycles. The number of aromatic nitrogens is 3. The highest BCUT2D eigenvalue weighted by molar-refractivity contribution is 6.14. The molecule has 2 aliphatic carbocycles. The maximum atomic E-state index is 4.99. The molecule has 0 aliphatic heterocycles. The molecular weight excluding hydrogens is 667 g/mol. The van der Waals surface area contributed by atoms with Crippen molar-refractivity contribution in [1.29, 1.82) is 0 Å². The second-order valence-corrected chi connectivity index (χ2v) is 14.5. The van der Waals surface area contributed by atoms with E-state index in [2.05, 4.69) is 146 Å². The van der Waals surface area contributed by atoms with Crippen LogP contribution >= 0.6 is 0 Å². The van der Waals surface area contributed by atoms with Crippen molar-refractivity contribution in [2.24, 2.45) is 5.41 Å². The van der Waals surface area contributed by atoms with E-state index in [-0.39, 0.29) is 11.3 Å². The van der Waals surface area contributed by atoms with Crippen LogP contribution in [0.1, 0.15) is 29.5 Å². The van der Waals surface area contributed by atoms with Crippen LogP contribution < -0.4 is 0 Å². The van der Waals surface area contributed by atoms with Crippen LogP contribution in [0.4, 0.5) is 0 Å². The van der Waals surface area contributed by atoms with E-state index in [4.69, 9.17) is 15.0 Å². The Hall–Kier alpha value is -6.97. The first kappa shape index (κ1) is 32.7. The summed E-state index contributed by atoms with van der Waals surface area (Å²) in [6.45, 7) is 2.40. The van der Waals surface area contributed by atoms with E-state index in [0.29, 0.717) is 17.5 Å². The standard InChI is InChI=1S/C52H37N3/c1-52-34-33-43-46(36-17-6-2-7-18-36)41-25-14-15-26-42(41)47(37-19-8-3-9-20-37)48(43)45(52)28-16-27-44(52)35-29-31-40(32-30-35)51-54-49(38-21-10-4-11-22-38)53-50(55-51)39-23-12-5-13-24-39/h2-34,44H,1H3. The summed E-state index contributed by atoms with van der Waals surface area (Å²) in [6.07, 6.45) is 11.8. The van der Waals surface area contributed by atoms with E-state index in [9.17, 15) is 0 Å². The van der Waals surface area contributed by atoms with Crippen LogP contribution in [0.2, 0.25) is 0 Å². The molecule has 2 aliphatic rings. The van der Waals surface area contributed by atoms with Crippen LogP contribution in [0.3, 0.4) is 0 Å². The van der Waals surface area contributed by atoms with Gasteiger partial charge in [-0.05, 0) is 55.3 Å². The van der Waals surface area contributed by atoms with Gasteiger partial charge in [0.05, 0.1) is 0 Å². The zero-order chi connectivity index (χ0) is 36.8. The molecular formula is C52H37N3. The molecule has 0 amide bonds. The Morgan fingerprint density at radius 2 is 0.873 bits per heavy atom. The van der Waals surface area contributed by atoms with Gasteiger partial charge in [0, 0.05) is 28.0 Å². The van der Waals surface area contributed by atoms with Gasteiger partial charge in [0.1, 0.15) is 0 Å². The first-order chi connectivity index (χ1) is 27.2. The van der Waals surface area contributed by atoms with Crippen molar-refractivity contribution in [1.82, 2.24) is 15.0 Å². The molecule has 3 heteroatoms. The Kier molecular flexibility index (Phi) is 8.00. The number of benzene rings is 7. The smallest absolute Gasteiger partial charge is 0.164 e. The lowest BCUT2D eigenvalue weighted by molar-refractivity contribution is 0.503. The summed E-state index contributed by atoms with van der Waals surface area (Å²) in [6, 6.07) is 59.8. The highest BCUT2D eigenvalue weighted by Gasteiger charge is 2.42. The summed E-state index contributed by atoms with van der Waals surface area (Å²) in [5.74, 6) is 2.09. The minimum absolute atomic E-state index is 0.110. The summed E-state index contributed by atoms with van der Waals surface area (Å²) in [7, 11) is 0. The maximum Gasteiger partial charge on any atom is 0.164 e. The first-order valence-corrected chi connectivity index (χ1v) is 18.9. The van der Waals surface area contributed by atoms with Crippen molar-refractivity contribution >= 4 is 22.4 Å². The molecule has 260 valence electrons. The highest BCUT2D eigenvalue weighted by Crippen LogP contribution is 2.58. The average molecular weight is 704 g/mol. The van der Waals surface area contributed by atoms with Crippen molar-refractivity contribution < 1.29 is 0 Å². The second kappa shape index (κ2) is 13.5. The van der Waals surface area contributed by atoms with Crippen molar-refractivity contribution in [3.05, 3.63) is 211 Å². The Balaban J connectivity index is 1.10. The predicted molar refractivity (Wildman–Crippen MR) is 228 cm³/mol. The fourth-order valence-corrected chi connectivity index (χ4v) is 8.57. The Bertz CT molecular complexity index is 2730. The molecule has 1 heterocycles. The number of hydrogen-bond donors (Lipinski definition) is 0. The lowest BCUT2D eigenvalue weighted by Gasteiger charge is -2.43. The van der Waals surface area contributed by atoms with Gasteiger partial charge < -0.3 is 0 Å². The Morgan fingerprint density at radius 3 is 1.40 bits per heavy atom. The largest absolute Gasteiger partial charge is 0.208 e. The number of nitrogens with zero attached hydrogens (tertiary/aromatic N) is 3. The molecule has 0 spiro atoms. The third-order valence-electron chi connectivity index (χ3n) is 11.3. The summed E-state index contributed by atoms with van der Waals surface area (Å²) in [5, 5.41) is 2.53. The van der Waals surface area contributed by atoms with Gasteiger partial charge in [0.15, 0.2) is 17.5 Å². The summed E-state index contributed by atoms with van der Waals surface area (Å²) in [5.41, 5.74) is 12.8. The van der Waals surface area contributed by atoms with Crippen LogP contribution in [0.15, 0.2) is 194 Å². The number of allylic oxidation sites excluding steroid dienone is 5. The molecule has 3 nitrogen and oxygen atoms in total. The second-order valence-electron chi connectivity index (χ2n) is 14.5. The van der Waals surface area contributed by atoms with Gasteiger partial charge in [-0.1, -0.05) is 207 Å². The molecule has 2 atom stereocenters. The third-order valence-corrected chi connectivity index (χ3v) is 11.3. The Morgan fingerprint density at radius 1 is 0.436 bits per heavy atom. The lowest BCUT2D eigenvalue weighted by atomic mass is 9.60. The van der Waals surface area contributed by atoms with Crippen LogP contribution in [0.25, 0.3) is 78.8 Å².